The van der Waals surface area contributed by atoms with Crippen molar-refractivity contribution in [2.45, 2.75) is 25.2 Å². The van der Waals surface area contributed by atoms with Gasteiger partial charge in [-0.2, -0.15) is 5.10 Å². The van der Waals surface area contributed by atoms with Gasteiger partial charge in [0.2, 0.25) is 5.91 Å². The lowest BCUT2D eigenvalue weighted by molar-refractivity contribution is -0.120. The van der Waals surface area contributed by atoms with Gasteiger partial charge in [-0.25, -0.2) is 4.79 Å². The molecule has 0 spiro atoms. The molecule has 3 amide bonds. The Morgan fingerprint density at radius 2 is 2.12 bits per heavy atom. The van der Waals surface area contributed by atoms with Crippen LogP contribution in [0.1, 0.15) is 30.7 Å². The summed E-state index contributed by atoms with van der Waals surface area (Å²) in [7, 11) is 1.86. The normalized spacial score (nSPS) is 24.2. The Balaban J connectivity index is 1.66. The number of aliphatic hydroxyl groups is 1. The van der Waals surface area contributed by atoms with Crippen molar-refractivity contribution in [1.29, 1.82) is 0 Å². The predicted molar refractivity (Wildman–Crippen MR) is 88.8 cm³/mol. The van der Waals surface area contributed by atoms with E-state index in [9.17, 15) is 14.7 Å². The van der Waals surface area contributed by atoms with Crippen LogP contribution in [0.4, 0.5) is 10.6 Å². The first kappa shape index (κ1) is 15.1. The third-order valence-electron chi connectivity index (χ3n) is 5.13. The number of rotatable bonds is 3. The first-order chi connectivity index (χ1) is 11.6. The molecule has 0 bridgehead atoms. The molecule has 24 heavy (non-hydrogen) atoms. The lowest BCUT2D eigenvalue weighted by Gasteiger charge is -2.34. The van der Waals surface area contributed by atoms with Crippen molar-refractivity contribution < 1.29 is 14.7 Å². The Kier molecular flexibility index (Phi) is 3.53. The average Bonchev–Trinajstić information content (AvgIpc) is 2.83. The van der Waals surface area contributed by atoms with Gasteiger partial charge >= 0.3 is 6.03 Å². The minimum atomic E-state index is -0.417. The third kappa shape index (κ3) is 2.36. The summed E-state index contributed by atoms with van der Waals surface area (Å²) in [6.07, 6.45) is 2.32. The van der Waals surface area contributed by atoms with Crippen molar-refractivity contribution >= 4 is 28.7 Å². The topological polar surface area (TPSA) is 87.5 Å². The molecule has 1 aromatic carbocycles. The smallest absolute Gasteiger partial charge is 0.329 e. The number of carbonyl (C=O) groups excluding carboxylic acids is 2. The number of amides is 3. The van der Waals surface area contributed by atoms with Crippen LogP contribution in [0, 0.1) is 5.92 Å². The number of aromatic nitrogens is 2. The van der Waals surface area contributed by atoms with Crippen LogP contribution in [0.2, 0.25) is 0 Å². The standard InChI is InChI=1S/C17H20N4O3/c1-20-14-8-11(12-6-10(7-12)9-22)2-3-13(14)16(19-20)21-5-4-15(23)18-17(21)24/h2-3,8,10,12,22H,4-7,9H2,1H3,(H,18,23,24). The van der Waals surface area contributed by atoms with E-state index in [4.69, 9.17) is 0 Å². The van der Waals surface area contributed by atoms with E-state index < -0.39 is 6.03 Å². The second-order valence-corrected chi connectivity index (χ2v) is 6.70. The molecule has 0 radical (unpaired) electrons. The Labute approximate surface area is 139 Å². The molecule has 2 heterocycles. The van der Waals surface area contributed by atoms with Crippen molar-refractivity contribution in [3.63, 3.8) is 0 Å². The first-order valence-electron chi connectivity index (χ1n) is 8.25. The minimum Gasteiger partial charge on any atom is -0.396 e. The van der Waals surface area contributed by atoms with E-state index in [-0.39, 0.29) is 18.9 Å². The number of aryl methyl sites for hydroxylation is 1. The second kappa shape index (κ2) is 5.59. The quantitative estimate of drug-likeness (QED) is 0.894. The predicted octanol–water partition coefficient (Wildman–Crippen LogP) is 1.51. The number of fused-ring (bicyclic) bond motifs is 1. The molecular weight excluding hydrogens is 308 g/mol. The molecule has 1 saturated heterocycles. The summed E-state index contributed by atoms with van der Waals surface area (Å²) >= 11 is 0. The van der Waals surface area contributed by atoms with Crippen molar-refractivity contribution in [1.82, 2.24) is 15.1 Å². The SMILES string of the molecule is Cn1nc(N2CCC(=O)NC2=O)c2ccc(C3CC(CO)C3)cc21. The molecule has 126 valence electrons. The molecule has 2 aliphatic rings. The fourth-order valence-corrected chi connectivity index (χ4v) is 3.63. The Hall–Kier alpha value is -2.41. The maximum Gasteiger partial charge on any atom is 0.329 e. The highest BCUT2D eigenvalue weighted by atomic mass is 16.3. The zero-order chi connectivity index (χ0) is 16.8. The number of imide groups is 1. The average molecular weight is 328 g/mol. The van der Waals surface area contributed by atoms with Gasteiger partial charge in [-0.1, -0.05) is 6.07 Å². The fraction of sp³-hybridized carbons (Fsp3) is 0.471. The van der Waals surface area contributed by atoms with E-state index in [1.807, 2.05) is 13.1 Å². The van der Waals surface area contributed by atoms with Crippen molar-refractivity contribution in [3.8, 4) is 0 Å². The van der Waals surface area contributed by atoms with Crippen LogP contribution >= 0.6 is 0 Å². The highest BCUT2D eigenvalue weighted by Crippen LogP contribution is 2.42. The zero-order valence-electron chi connectivity index (χ0n) is 13.5. The van der Waals surface area contributed by atoms with Gasteiger partial charge in [-0.05, 0) is 42.4 Å². The molecule has 1 saturated carbocycles. The molecule has 2 N–H and O–H groups in total. The molecule has 0 unspecified atom stereocenters. The Morgan fingerprint density at radius 3 is 2.83 bits per heavy atom. The maximum absolute atomic E-state index is 12.1. The van der Waals surface area contributed by atoms with Crippen LogP contribution < -0.4 is 10.2 Å². The number of carbonyl (C=O) groups is 2. The molecule has 1 aliphatic carbocycles. The number of nitrogens with zero attached hydrogens (tertiary/aromatic N) is 3. The van der Waals surface area contributed by atoms with Gasteiger partial charge < -0.3 is 5.11 Å². The summed E-state index contributed by atoms with van der Waals surface area (Å²) < 4.78 is 1.78. The summed E-state index contributed by atoms with van der Waals surface area (Å²) in [5.74, 6) is 1.25. The van der Waals surface area contributed by atoms with Crippen molar-refractivity contribution in [2.75, 3.05) is 18.1 Å². The largest absolute Gasteiger partial charge is 0.396 e. The van der Waals surface area contributed by atoms with Gasteiger partial charge in [0.05, 0.1) is 5.52 Å². The van der Waals surface area contributed by atoms with Crippen molar-refractivity contribution in [2.24, 2.45) is 13.0 Å². The van der Waals surface area contributed by atoms with Crippen molar-refractivity contribution in [3.05, 3.63) is 23.8 Å². The number of nitrogens with one attached hydrogen (secondary N) is 1. The van der Waals surface area contributed by atoms with Gasteiger partial charge in [-0.3, -0.25) is 19.7 Å². The fourth-order valence-electron chi connectivity index (χ4n) is 3.63. The van der Waals surface area contributed by atoms with Crippen LogP contribution in [-0.4, -0.2) is 40.0 Å². The number of benzene rings is 1. The number of aliphatic hydroxyl groups excluding tert-OH is 1. The van der Waals surface area contributed by atoms with Crippen LogP contribution in [0.3, 0.4) is 0 Å². The highest BCUT2D eigenvalue weighted by molar-refractivity contribution is 6.08. The highest BCUT2D eigenvalue weighted by Gasteiger charge is 2.31. The van der Waals surface area contributed by atoms with Gasteiger partial charge in [0, 0.05) is 32.0 Å². The van der Waals surface area contributed by atoms with E-state index in [0.717, 1.165) is 23.7 Å². The van der Waals surface area contributed by atoms with E-state index in [2.05, 4.69) is 22.5 Å². The number of urea groups is 1. The van der Waals surface area contributed by atoms with Gasteiger partial charge in [0.1, 0.15) is 0 Å². The van der Waals surface area contributed by atoms with Crippen LogP contribution in [0.25, 0.3) is 10.9 Å². The molecule has 1 aliphatic heterocycles. The Morgan fingerprint density at radius 1 is 1.33 bits per heavy atom. The van der Waals surface area contributed by atoms with Gasteiger partial charge in [-0.15, -0.1) is 0 Å². The molecule has 7 nitrogen and oxygen atoms in total. The lowest BCUT2D eigenvalue weighted by atomic mass is 9.72. The third-order valence-corrected chi connectivity index (χ3v) is 5.13. The van der Waals surface area contributed by atoms with Gasteiger partial charge in [0.25, 0.3) is 0 Å². The second-order valence-electron chi connectivity index (χ2n) is 6.70. The summed E-state index contributed by atoms with van der Waals surface area (Å²) in [5, 5.41) is 16.9. The molecule has 2 aromatic rings. The van der Waals surface area contributed by atoms with E-state index >= 15 is 0 Å². The van der Waals surface area contributed by atoms with E-state index in [1.54, 1.807) is 4.68 Å². The summed E-state index contributed by atoms with van der Waals surface area (Å²) in [6, 6.07) is 5.79. The summed E-state index contributed by atoms with van der Waals surface area (Å²) in [4.78, 5) is 24.9. The monoisotopic (exact) mass is 328 g/mol. The lowest BCUT2D eigenvalue weighted by Crippen LogP contribution is -2.49. The zero-order valence-corrected chi connectivity index (χ0v) is 13.5. The number of hydrogen-bond acceptors (Lipinski definition) is 4. The van der Waals surface area contributed by atoms with E-state index in [1.165, 1.54) is 10.5 Å². The maximum atomic E-state index is 12.1. The number of anilines is 1. The molecule has 1 aromatic heterocycles. The van der Waals surface area contributed by atoms with Crippen LogP contribution in [-0.2, 0) is 11.8 Å². The molecule has 0 atom stereocenters. The van der Waals surface area contributed by atoms with Crippen LogP contribution in [0.5, 0.6) is 0 Å². The van der Waals surface area contributed by atoms with Crippen LogP contribution in [0.15, 0.2) is 18.2 Å². The Bertz CT molecular complexity index is 823. The van der Waals surface area contributed by atoms with E-state index in [0.29, 0.717) is 24.2 Å². The first-order valence-corrected chi connectivity index (χ1v) is 8.25. The molecular formula is C17H20N4O3. The minimum absolute atomic E-state index is 0.248. The summed E-state index contributed by atoms with van der Waals surface area (Å²) in [6.45, 7) is 0.608. The molecule has 7 heteroatoms. The van der Waals surface area contributed by atoms with Gasteiger partial charge in [0.15, 0.2) is 5.82 Å². The molecule has 2 fully saturated rings. The molecule has 4 rings (SSSR count). The number of hydrogen-bond donors (Lipinski definition) is 2. The summed E-state index contributed by atoms with van der Waals surface area (Å²) in [5.41, 5.74) is 2.22.